The van der Waals surface area contributed by atoms with E-state index in [1.807, 2.05) is 29.2 Å². The number of amides is 1. The van der Waals surface area contributed by atoms with Crippen LogP contribution in [0.1, 0.15) is 46.5 Å². The lowest BCUT2D eigenvalue weighted by Crippen LogP contribution is -2.39. The maximum Gasteiger partial charge on any atom is 0.289 e. The third-order valence-corrected chi connectivity index (χ3v) is 5.98. The van der Waals surface area contributed by atoms with Crippen molar-refractivity contribution >= 4 is 29.3 Å². The van der Waals surface area contributed by atoms with Gasteiger partial charge < -0.3 is 23.9 Å². The van der Waals surface area contributed by atoms with Gasteiger partial charge in [0, 0.05) is 50.2 Å². The van der Waals surface area contributed by atoms with Crippen molar-refractivity contribution < 1.29 is 13.9 Å². The summed E-state index contributed by atoms with van der Waals surface area (Å²) in [5.41, 5.74) is 1.55. The summed E-state index contributed by atoms with van der Waals surface area (Å²) in [6.45, 7) is 4.37. The van der Waals surface area contributed by atoms with Crippen molar-refractivity contribution in [3.8, 4) is 0 Å². The molecule has 1 amide bonds. The summed E-state index contributed by atoms with van der Waals surface area (Å²) in [6.07, 6.45) is 1.77. The molecule has 1 saturated heterocycles. The number of ether oxygens (including phenoxy) is 1. The summed E-state index contributed by atoms with van der Waals surface area (Å²) in [6, 6.07) is 7.72. The van der Waals surface area contributed by atoms with Crippen LogP contribution in [0.25, 0.3) is 11.0 Å². The Hall–Kier alpha value is -2.42. The number of furan rings is 1. The van der Waals surface area contributed by atoms with E-state index in [0.717, 1.165) is 60.7 Å². The fourth-order valence-electron chi connectivity index (χ4n) is 4.46. The van der Waals surface area contributed by atoms with Crippen LogP contribution in [-0.2, 0) is 24.4 Å². The van der Waals surface area contributed by atoms with Crippen LogP contribution >= 0.6 is 12.4 Å². The molecule has 4 heterocycles. The molecule has 30 heavy (non-hydrogen) atoms. The number of nitrogens with zero attached hydrogens (tertiary/aromatic N) is 4. The largest absolute Gasteiger partial charge is 0.451 e. The fourth-order valence-corrected chi connectivity index (χ4v) is 4.46. The van der Waals surface area contributed by atoms with Gasteiger partial charge in [0.25, 0.3) is 5.91 Å². The number of piperidine rings is 1. The van der Waals surface area contributed by atoms with Gasteiger partial charge in [-0.05, 0) is 18.9 Å². The standard InChI is InChI=1S/C21H25N5O3.ClH/c1-28-13-16-15-4-2-3-5-17(15)29-19(16)21(27)25-9-6-14(7-10-25)20-24-23-18-12-22-8-11-26(18)20;/h2-5,14,22H,6-13H2,1H3;1H. The maximum atomic E-state index is 13.2. The molecule has 2 aliphatic heterocycles. The molecule has 3 aromatic rings. The predicted octanol–water partition coefficient (Wildman–Crippen LogP) is 2.72. The molecule has 2 aliphatic rings. The van der Waals surface area contributed by atoms with Gasteiger partial charge in [0.2, 0.25) is 0 Å². The molecule has 0 saturated carbocycles. The van der Waals surface area contributed by atoms with Gasteiger partial charge in [0.05, 0.1) is 13.2 Å². The van der Waals surface area contributed by atoms with E-state index >= 15 is 0 Å². The van der Waals surface area contributed by atoms with Crippen molar-refractivity contribution in [3.63, 3.8) is 0 Å². The normalized spacial score (nSPS) is 17.0. The van der Waals surface area contributed by atoms with Crippen LogP contribution in [0.15, 0.2) is 28.7 Å². The third kappa shape index (κ3) is 3.59. The number of likely N-dealkylation sites (tertiary alicyclic amines) is 1. The van der Waals surface area contributed by atoms with Crippen LogP contribution in [0.5, 0.6) is 0 Å². The zero-order chi connectivity index (χ0) is 19.8. The Morgan fingerprint density at radius 3 is 2.83 bits per heavy atom. The highest BCUT2D eigenvalue weighted by molar-refractivity contribution is 5.99. The number of hydrogen-bond acceptors (Lipinski definition) is 6. The first-order valence-electron chi connectivity index (χ1n) is 10.2. The first-order valence-corrected chi connectivity index (χ1v) is 10.2. The lowest BCUT2D eigenvalue weighted by molar-refractivity contribution is 0.0674. The van der Waals surface area contributed by atoms with Gasteiger partial charge in [-0.1, -0.05) is 18.2 Å². The van der Waals surface area contributed by atoms with Gasteiger partial charge in [-0.3, -0.25) is 4.79 Å². The Morgan fingerprint density at radius 1 is 1.23 bits per heavy atom. The number of para-hydroxylation sites is 1. The summed E-state index contributed by atoms with van der Waals surface area (Å²) in [4.78, 5) is 15.1. The van der Waals surface area contributed by atoms with Crippen molar-refractivity contribution in [2.45, 2.75) is 38.5 Å². The highest BCUT2D eigenvalue weighted by atomic mass is 35.5. The van der Waals surface area contributed by atoms with Gasteiger partial charge in [0.1, 0.15) is 17.2 Å². The monoisotopic (exact) mass is 431 g/mol. The second-order valence-corrected chi connectivity index (χ2v) is 7.71. The van der Waals surface area contributed by atoms with E-state index in [1.165, 1.54) is 0 Å². The minimum absolute atomic E-state index is 0. The zero-order valence-electron chi connectivity index (χ0n) is 17.0. The van der Waals surface area contributed by atoms with Crippen molar-refractivity contribution in [2.24, 2.45) is 0 Å². The van der Waals surface area contributed by atoms with Crippen molar-refractivity contribution in [1.29, 1.82) is 0 Å². The van der Waals surface area contributed by atoms with Gasteiger partial charge in [-0.2, -0.15) is 0 Å². The smallest absolute Gasteiger partial charge is 0.289 e. The minimum atomic E-state index is -0.0563. The number of aromatic nitrogens is 3. The van der Waals surface area contributed by atoms with Gasteiger partial charge in [-0.15, -0.1) is 22.6 Å². The number of halogens is 1. The Kier molecular flexibility index (Phi) is 6.08. The van der Waals surface area contributed by atoms with Crippen LogP contribution in [0.3, 0.4) is 0 Å². The van der Waals surface area contributed by atoms with Crippen molar-refractivity contribution in [2.75, 3.05) is 26.7 Å². The molecule has 0 unspecified atom stereocenters. The van der Waals surface area contributed by atoms with E-state index in [1.54, 1.807) is 7.11 Å². The molecule has 0 spiro atoms. The van der Waals surface area contributed by atoms with E-state index in [0.29, 0.717) is 31.4 Å². The molecule has 2 aromatic heterocycles. The molecule has 0 bridgehead atoms. The summed E-state index contributed by atoms with van der Waals surface area (Å²) >= 11 is 0. The maximum absolute atomic E-state index is 13.2. The van der Waals surface area contributed by atoms with Crippen LogP contribution in [0.2, 0.25) is 0 Å². The minimum Gasteiger partial charge on any atom is -0.451 e. The molecule has 160 valence electrons. The fraction of sp³-hybridized carbons (Fsp3) is 0.476. The summed E-state index contributed by atoms with van der Waals surface area (Å²) in [7, 11) is 1.64. The first-order chi connectivity index (χ1) is 14.3. The topological polar surface area (TPSA) is 85.4 Å². The average Bonchev–Trinajstić information content (AvgIpc) is 3.36. The Morgan fingerprint density at radius 2 is 2.03 bits per heavy atom. The van der Waals surface area contributed by atoms with E-state index in [2.05, 4.69) is 20.1 Å². The number of methoxy groups -OCH3 is 1. The molecule has 1 aromatic carbocycles. The third-order valence-electron chi connectivity index (χ3n) is 5.98. The Labute approximate surface area is 181 Å². The average molecular weight is 432 g/mol. The molecule has 5 rings (SSSR count). The number of hydrogen-bond donors (Lipinski definition) is 1. The van der Waals surface area contributed by atoms with Crippen LogP contribution in [0, 0.1) is 0 Å². The molecule has 0 radical (unpaired) electrons. The Bertz CT molecular complexity index is 1040. The molecule has 0 aliphatic carbocycles. The summed E-state index contributed by atoms with van der Waals surface area (Å²) in [5, 5.41) is 13.1. The molecular formula is C21H26ClN5O3. The molecule has 1 fully saturated rings. The Balaban J connectivity index is 0.00000218. The number of fused-ring (bicyclic) bond motifs is 2. The molecule has 0 atom stereocenters. The second kappa shape index (κ2) is 8.75. The van der Waals surface area contributed by atoms with Gasteiger partial charge in [0.15, 0.2) is 5.76 Å². The predicted molar refractivity (Wildman–Crippen MR) is 114 cm³/mol. The van der Waals surface area contributed by atoms with Gasteiger partial charge in [-0.25, -0.2) is 0 Å². The zero-order valence-corrected chi connectivity index (χ0v) is 17.8. The highest BCUT2D eigenvalue weighted by Crippen LogP contribution is 2.31. The first kappa shape index (κ1) is 20.8. The van der Waals surface area contributed by atoms with E-state index in [9.17, 15) is 4.79 Å². The van der Waals surface area contributed by atoms with Crippen LogP contribution in [0.4, 0.5) is 0 Å². The van der Waals surface area contributed by atoms with Gasteiger partial charge >= 0.3 is 0 Å². The second-order valence-electron chi connectivity index (χ2n) is 7.71. The molecular weight excluding hydrogens is 406 g/mol. The molecule has 1 N–H and O–H groups in total. The lowest BCUT2D eigenvalue weighted by Gasteiger charge is -2.31. The van der Waals surface area contributed by atoms with Crippen LogP contribution in [-0.4, -0.2) is 52.3 Å². The number of rotatable bonds is 4. The van der Waals surface area contributed by atoms with Crippen molar-refractivity contribution in [1.82, 2.24) is 25.0 Å². The van der Waals surface area contributed by atoms with Crippen LogP contribution < -0.4 is 5.32 Å². The summed E-state index contributed by atoms with van der Waals surface area (Å²) < 4.78 is 13.5. The quantitative estimate of drug-likeness (QED) is 0.683. The highest BCUT2D eigenvalue weighted by Gasteiger charge is 2.31. The lowest BCUT2D eigenvalue weighted by atomic mass is 9.95. The summed E-state index contributed by atoms with van der Waals surface area (Å²) in [5.74, 6) is 2.76. The molecule has 9 heteroatoms. The number of carbonyl (C=O) groups is 1. The SMILES string of the molecule is COCc1c(C(=O)N2CCC(c3nnc4n3CCNC4)CC2)oc2ccccc12.Cl. The van der Waals surface area contributed by atoms with E-state index < -0.39 is 0 Å². The number of carbonyl (C=O) groups excluding carboxylic acids is 1. The van der Waals surface area contributed by atoms with E-state index in [-0.39, 0.29) is 18.3 Å². The van der Waals surface area contributed by atoms with Crippen molar-refractivity contribution in [3.05, 3.63) is 47.2 Å². The number of benzene rings is 1. The molecule has 8 nitrogen and oxygen atoms in total. The number of nitrogens with one attached hydrogen (secondary N) is 1. The van der Waals surface area contributed by atoms with E-state index in [4.69, 9.17) is 9.15 Å².